The number of hydrogen-bond acceptors (Lipinski definition) is 5. The molecule has 5 heteroatoms. The molecule has 0 atom stereocenters. The fourth-order valence-corrected chi connectivity index (χ4v) is 1.71. The SMILES string of the molecule is COC(=O)c1cccnc1NCc1cccc(N)c1. The zero-order valence-electron chi connectivity index (χ0n) is 10.6. The van der Waals surface area contributed by atoms with Gasteiger partial charge in [-0.25, -0.2) is 9.78 Å². The molecule has 1 aromatic carbocycles. The molecule has 0 saturated heterocycles. The van der Waals surface area contributed by atoms with E-state index < -0.39 is 5.97 Å². The van der Waals surface area contributed by atoms with Gasteiger partial charge in [-0.2, -0.15) is 0 Å². The molecule has 0 amide bonds. The number of hydrogen-bond donors (Lipinski definition) is 2. The van der Waals surface area contributed by atoms with Crippen LogP contribution in [0.3, 0.4) is 0 Å². The minimum Gasteiger partial charge on any atom is -0.465 e. The Hall–Kier alpha value is -2.56. The van der Waals surface area contributed by atoms with Crippen LogP contribution >= 0.6 is 0 Å². The maximum atomic E-state index is 11.6. The quantitative estimate of drug-likeness (QED) is 0.647. The Labute approximate surface area is 111 Å². The lowest BCUT2D eigenvalue weighted by Gasteiger charge is -2.09. The first kappa shape index (κ1) is 12.9. The number of aromatic nitrogens is 1. The maximum Gasteiger partial charge on any atom is 0.341 e. The van der Waals surface area contributed by atoms with Crippen LogP contribution in [-0.2, 0) is 11.3 Å². The van der Waals surface area contributed by atoms with Gasteiger partial charge in [-0.05, 0) is 29.8 Å². The van der Waals surface area contributed by atoms with Gasteiger partial charge < -0.3 is 15.8 Å². The summed E-state index contributed by atoms with van der Waals surface area (Å²) in [5, 5.41) is 3.10. The van der Waals surface area contributed by atoms with Gasteiger partial charge in [0.25, 0.3) is 0 Å². The molecular formula is C14H15N3O2. The van der Waals surface area contributed by atoms with Crippen molar-refractivity contribution in [3.05, 3.63) is 53.7 Å². The molecule has 0 fully saturated rings. The fraction of sp³-hybridized carbons (Fsp3) is 0.143. The first-order chi connectivity index (χ1) is 9.20. The summed E-state index contributed by atoms with van der Waals surface area (Å²) in [6, 6.07) is 10.9. The van der Waals surface area contributed by atoms with Crippen molar-refractivity contribution < 1.29 is 9.53 Å². The number of carbonyl (C=O) groups excluding carboxylic acids is 1. The van der Waals surface area contributed by atoms with E-state index in [1.807, 2.05) is 24.3 Å². The average Bonchev–Trinajstić information content (AvgIpc) is 2.45. The van der Waals surface area contributed by atoms with Crippen LogP contribution < -0.4 is 11.1 Å². The molecule has 2 aromatic rings. The molecule has 0 aliphatic rings. The topological polar surface area (TPSA) is 77.2 Å². The van der Waals surface area contributed by atoms with Gasteiger partial charge in [0.05, 0.1) is 7.11 Å². The van der Waals surface area contributed by atoms with Crippen molar-refractivity contribution in [2.75, 3.05) is 18.2 Å². The van der Waals surface area contributed by atoms with E-state index in [9.17, 15) is 4.79 Å². The molecule has 0 spiro atoms. The Balaban J connectivity index is 2.13. The second-order valence-electron chi connectivity index (χ2n) is 3.99. The Morgan fingerprint density at radius 1 is 1.37 bits per heavy atom. The van der Waals surface area contributed by atoms with Gasteiger partial charge in [-0.3, -0.25) is 0 Å². The number of benzene rings is 1. The van der Waals surface area contributed by atoms with E-state index in [2.05, 4.69) is 10.3 Å². The van der Waals surface area contributed by atoms with Crippen LogP contribution in [0.2, 0.25) is 0 Å². The number of anilines is 2. The first-order valence-electron chi connectivity index (χ1n) is 5.82. The lowest BCUT2D eigenvalue weighted by Crippen LogP contribution is -2.09. The second-order valence-corrected chi connectivity index (χ2v) is 3.99. The van der Waals surface area contributed by atoms with Crippen LogP contribution in [0.25, 0.3) is 0 Å². The number of nitrogens with two attached hydrogens (primary N) is 1. The first-order valence-corrected chi connectivity index (χ1v) is 5.82. The number of nitrogens with zero attached hydrogens (tertiary/aromatic N) is 1. The molecule has 0 unspecified atom stereocenters. The number of esters is 1. The van der Waals surface area contributed by atoms with Gasteiger partial charge in [0.1, 0.15) is 11.4 Å². The van der Waals surface area contributed by atoms with Crippen LogP contribution in [0.15, 0.2) is 42.6 Å². The second kappa shape index (κ2) is 5.86. The molecular weight excluding hydrogens is 242 g/mol. The normalized spacial score (nSPS) is 9.95. The molecule has 0 aliphatic heterocycles. The van der Waals surface area contributed by atoms with E-state index in [1.54, 1.807) is 18.3 Å². The highest BCUT2D eigenvalue weighted by atomic mass is 16.5. The van der Waals surface area contributed by atoms with Crippen LogP contribution in [0.4, 0.5) is 11.5 Å². The summed E-state index contributed by atoms with van der Waals surface area (Å²) in [4.78, 5) is 15.7. The van der Waals surface area contributed by atoms with E-state index >= 15 is 0 Å². The van der Waals surface area contributed by atoms with Crippen molar-refractivity contribution in [2.24, 2.45) is 0 Å². The predicted molar refractivity (Wildman–Crippen MR) is 73.8 cm³/mol. The highest BCUT2D eigenvalue weighted by Gasteiger charge is 2.11. The summed E-state index contributed by atoms with van der Waals surface area (Å²) in [5.41, 5.74) is 7.84. The molecule has 0 bridgehead atoms. The third kappa shape index (κ3) is 3.22. The lowest BCUT2D eigenvalue weighted by molar-refractivity contribution is 0.0601. The van der Waals surface area contributed by atoms with Crippen molar-refractivity contribution in [3.63, 3.8) is 0 Å². The zero-order valence-corrected chi connectivity index (χ0v) is 10.6. The molecule has 5 nitrogen and oxygen atoms in total. The Bertz CT molecular complexity index is 584. The summed E-state index contributed by atoms with van der Waals surface area (Å²) >= 11 is 0. The fourth-order valence-electron chi connectivity index (χ4n) is 1.71. The van der Waals surface area contributed by atoms with E-state index in [-0.39, 0.29) is 0 Å². The number of nitrogens with one attached hydrogen (secondary N) is 1. The van der Waals surface area contributed by atoms with Crippen molar-refractivity contribution in [1.29, 1.82) is 0 Å². The van der Waals surface area contributed by atoms with Crippen LogP contribution in [-0.4, -0.2) is 18.1 Å². The van der Waals surface area contributed by atoms with Gasteiger partial charge in [-0.15, -0.1) is 0 Å². The Morgan fingerprint density at radius 3 is 2.95 bits per heavy atom. The van der Waals surface area contributed by atoms with E-state index in [1.165, 1.54) is 7.11 Å². The summed E-state index contributed by atoms with van der Waals surface area (Å²) < 4.78 is 4.71. The third-order valence-electron chi connectivity index (χ3n) is 2.62. The van der Waals surface area contributed by atoms with E-state index in [0.717, 1.165) is 5.56 Å². The van der Waals surface area contributed by atoms with Gasteiger partial charge in [-0.1, -0.05) is 12.1 Å². The number of rotatable bonds is 4. The summed E-state index contributed by atoms with van der Waals surface area (Å²) in [6.07, 6.45) is 1.62. The Morgan fingerprint density at radius 2 is 2.21 bits per heavy atom. The monoisotopic (exact) mass is 257 g/mol. The molecule has 1 heterocycles. The molecule has 0 saturated carbocycles. The highest BCUT2D eigenvalue weighted by molar-refractivity contribution is 5.94. The minimum absolute atomic E-state index is 0.411. The number of nitrogen functional groups attached to an aromatic ring is 1. The number of pyridine rings is 1. The molecule has 19 heavy (non-hydrogen) atoms. The molecule has 3 N–H and O–H groups in total. The smallest absolute Gasteiger partial charge is 0.341 e. The van der Waals surface area contributed by atoms with E-state index in [4.69, 9.17) is 10.5 Å². The van der Waals surface area contributed by atoms with Gasteiger partial charge >= 0.3 is 5.97 Å². The summed E-state index contributed by atoms with van der Waals surface area (Å²) in [5.74, 6) is 0.0833. The van der Waals surface area contributed by atoms with Crippen LogP contribution in [0, 0.1) is 0 Å². The number of carbonyl (C=O) groups is 1. The largest absolute Gasteiger partial charge is 0.465 e. The van der Waals surface area contributed by atoms with Gasteiger partial charge in [0.15, 0.2) is 0 Å². The minimum atomic E-state index is -0.414. The molecule has 2 rings (SSSR count). The standard InChI is InChI=1S/C14H15N3O2/c1-19-14(18)12-6-3-7-16-13(12)17-9-10-4-2-5-11(15)8-10/h2-8H,9,15H2,1H3,(H,16,17). The van der Waals surface area contributed by atoms with Crippen molar-refractivity contribution in [2.45, 2.75) is 6.54 Å². The third-order valence-corrected chi connectivity index (χ3v) is 2.62. The number of ether oxygens (including phenoxy) is 1. The predicted octanol–water partition coefficient (Wildman–Crippen LogP) is 2.06. The highest BCUT2D eigenvalue weighted by Crippen LogP contribution is 2.14. The van der Waals surface area contributed by atoms with Crippen molar-refractivity contribution in [3.8, 4) is 0 Å². The number of methoxy groups -OCH3 is 1. The summed E-state index contributed by atoms with van der Waals surface area (Å²) in [7, 11) is 1.34. The van der Waals surface area contributed by atoms with Crippen LogP contribution in [0.1, 0.15) is 15.9 Å². The van der Waals surface area contributed by atoms with Crippen molar-refractivity contribution in [1.82, 2.24) is 4.98 Å². The zero-order chi connectivity index (χ0) is 13.7. The molecule has 0 aliphatic carbocycles. The Kier molecular flexibility index (Phi) is 3.97. The lowest BCUT2D eigenvalue weighted by atomic mass is 10.2. The van der Waals surface area contributed by atoms with Gasteiger partial charge in [0.2, 0.25) is 0 Å². The van der Waals surface area contributed by atoms with Crippen molar-refractivity contribution >= 4 is 17.5 Å². The molecule has 98 valence electrons. The average molecular weight is 257 g/mol. The van der Waals surface area contributed by atoms with Gasteiger partial charge in [0, 0.05) is 18.4 Å². The van der Waals surface area contributed by atoms with E-state index in [0.29, 0.717) is 23.6 Å². The maximum absolute atomic E-state index is 11.6. The molecule has 0 radical (unpaired) electrons. The molecule has 1 aromatic heterocycles. The summed E-state index contributed by atoms with van der Waals surface area (Å²) in [6.45, 7) is 0.534. The van der Waals surface area contributed by atoms with Crippen LogP contribution in [0.5, 0.6) is 0 Å².